The fourth-order valence-corrected chi connectivity index (χ4v) is 1.77. The van der Waals surface area contributed by atoms with Crippen LogP contribution in [0.3, 0.4) is 0 Å². The summed E-state index contributed by atoms with van der Waals surface area (Å²) in [6.45, 7) is 0.791. The van der Waals surface area contributed by atoms with Gasteiger partial charge in [0, 0.05) is 5.56 Å². The zero-order valence-electron chi connectivity index (χ0n) is 9.59. The highest BCUT2D eigenvalue weighted by Crippen LogP contribution is 2.30. The predicted molar refractivity (Wildman–Crippen MR) is 64.9 cm³/mol. The third-order valence-corrected chi connectivity index (χ3v) is 2.82. The van der Waals surface area contributed by atoms with Crippen molar-refractivity contribution in [3.05, 3.63) is 48.2 Å². The van der Waals surface area contributed by atoms with Gasteiger partial charge in [0.25, 0.3) is 0 Å². The van der Waals surface area contributed by atoms with Crippen LogP contribution in [-0.2, 0) is 4.74 Å². The van der Waals surface area contributed by atoms with Crippen molar-refractivity contribution in [3.8, 4) is 17.0 Å². The second-order valence-electron chi connectivity index (χ2n) is 4.00. The number of hydrogen-bond donors (Lipinski definition) is 0. The number of benzene rings is 1. The summed E-state index contributed by atoms with van der Waals surface area (Å²) >= 11 is 0. The van der Waals surface area contributed by atoms with E-state index >= 15 is 0 Å². The molecule has 1 aliphatic heterocycles. The van der Waals surface area contributed by atoms with Gasteiger partial charge in [-0.3, -0.25) is 0 Å². The van der Waals surface area contributed by atoms with Crippen LogP contribution >= 0.6 is 0 Å². The van der Waals surface area contributed by atoms with E-state index in [1.807, 2.05) is 42.5 Å². The average molecular weight is 227 g/mol. The molecule has 1 atom stereocenters. The number of pyridine rings is 1. The molecule has 0 bridgehead atoms. The molecule has 0 N–H and O–H groups in total. The van der Waals surface area contributed by atoms with Gasteiger partial charge in [-0.1, -0.05) is 6.07 Å². The smallest absolute Gasteiger partial charge is 0.123 e. The standard InChI is InChI=1S/C14H13NO2/c1-16-11-7-5-10(6-8-11)12-3-2-4-13(15-12)14-9-17-14/h2-8,14H,9H2,1H3. The third-order valence-electron chi connectivity index (χ3n) is 2.82. The van der Waals surface area contributed by atoms with Crippen molar-refractivity contribution >= 4 is 0 Å². The third kappa shape index (κ3) is 2.15. The molecule has 1 fully saturated rings. The lowest BCUT2D eigenvalue weighted by Gasteiger charge is -2.04. The summed E-state index contributed by atoms with van der Waals surface area (Å²) in [6, 6.07) is 13.9. The van der Waals surface area contributed by atoms with Crippen molar-refractivity contribution in [1.82, 2.24) is 4.98 Å². The molecule has 0 aliphatic carbocycles. The van der Waals surface area contributed by atoms with Crippen LogP contribution in [0.25, 0.3) is 11.3 Å². The Balaban J connectivity index is 1.93. The molecule has 1 saturated heterocycles. The molecule has 0 spiro atoms. The van der Waals surface area contributed by atoms with Gasteiger partial charge in [0.1, 0.15) is 11.9 Å². The molecular weight excluding hydrogens is 214 g/mol. The maximum Gasteiger partial charge on any atom is 0.123 e. The fourth-order valence-electron chi connectivity index (χ4n) is 1.77. The van der Waals surface area contributed by atoms with Crippen molar-refractivity contribution < 1.29 is 9.47 Å². The average Bonchev–Trinajstić information content (AvgIpc) is 3.23. The molecule has 1 aromatic carbocycles. The first kappa shape index (κ1) is 10.3. The van der Waals surface area contributed by atoms with Crippen LogP contribution in [0.2, 0.25) is 0 Å². The van der Waals surface area contributed by atoms with Gasteiger partial charge in [0.05, 0.1) is 25.1 Å². The van der Waals surface area contributed by atoms with Crippen molar-refractivity contribution in [1.29, 1.82) is 0 Å². The number of rotatable bonds is 3. The summed E-state index contributed by atoms with van der Waals surface area (Å²) in [5, 5.41) is 0. The first-order chi connectivity index (χ1) is 8.36. The van der Waals surface area contributed by atoms with Crippen LogP contribution < -0.4 is 4.74 Å². The van der Waals surface area contributed by atoms with Gasteiger partial charge in [0.2, 0.25) is 0 Å². The fraction of sp³-hybridized carbons (Fsp3) is 0.214. The summed E-state index contributed by atoms with van der Waals surface area (Å²) in [6.07, 6.45) is 0.202. The van der Waals surface area contributed by atoms with Crippen molar-refractivity contribution in [2.75, 3.05) is 13.7 Å². The minimum atomic E-state index is 0.202. The highest BCUT2D eigenvalue weighted by Gasteiger charge is 2.26. The van der Waals surface area contributed by atoms with Gasteiger partial charge in [-0.25, -0.2) is 4.98 Å². The summed E-state index contributed by atoms with van der Waals surface area (Å²) in [5.41, 5.74) is 3.08. The maximum atomic E-state index is 5.24. The van der Waals surface area contributed by atoms with Crippen molar-refractivity contribution in [2.24, 2.45) is 0 Å². The van der Waals surface area contributed by atoms with E-state index < -0.39 is 0 Å². The zero-order valence-corrected chi connectivity index (χ0v) is 9.59. The van der Waals surface area contributed by atoms with Crippen LogP contribution in [0.5, 0.6) is 5.75 Å². The van der Waals surface area contributed by atoms with Crippen molar-refractivity contribution in [3.63, 3.8) is 0 Å². The molecule has 0 radical (unpaired) electrons. The number of hydrogen-bond acceptors (Lipinski definition) is 3. The summed E-state index contributed by atoms with van der Waals surface area (Å²) in [5.74, 6) is 0.857. The number of methoxy groups -OCH3 is 1. The van der Waals surface area contributed by atoms with Crippen LogP contribution in [0, 0.1) is 0 Å². The number of epoxide rings is 1. The highest BCUT2D eigenvalue weighted by molar-refractivity contribution is 5.60. The van der Waals surface area contributed by atoms with E-state index in [0.29, 0.717) is 0 Å². The topological polar surface area (TPSA) is 34.6 Å². The van der Waals surface area contributed by atoms with E-state index in [2.05, 4.69) is 4.98 Å². The lowest BCUT2D eigenvalue weighted by atomic mass is 10.1. The van der Waals surface area contributed by atoms with Gasteiger partial charge in [-0.15, -0.1) is 0 Å². The molecular formula is C14H13NO2. The van der Waals surface area contributed by atoms with Crippen LogP contribution in [-0.4, -0.2) is 18.7 Å². The van der Waals surface area contributed by atoms with Gasteiger partial charge >= 0.3 is 0 Å². The second kappa shape index (κ2) is 4.18. The summed E-state index contributed by atoms with van der Waals surface area (Å²) in [4.78, 5) is 4.59. The van der Waals surface area contributed by atoms with E-state index in [1.54, 1.807) is 7.11 Å². The molecule has 0 saturated carbocycles. The minimum absolute atomic E-state index is 0.202. The number of aromatic nitrogens is 1. The zero-order chi connectivity index (χ0) is 11.7. The molecule has 1 aliphatic rings. The van der Waals surface area contributed by atoms with E-state index in [0.717, 1.165) is 29.3 Å². The molecule has 86 valence electrons. The van der Waals surface area contributed by atoms with Crippen LogP contribution in [0.15, 0.2) is 42.5 Å². The van der Waals surface area contributed by atoms with E-state index in [1.165, 1.54) is 0 Å². The first-order valence-corrected chi connectivity index (χ1v) is 5.60. The molecule has 2 aromatic rings. The number of ether oxygens (including phenoxy) is 2. The molecule has 2 heterocycles. The minimum Gasteiger partial charge on any atom is -0.497 e. The Morgan fingerprint density at radius 3 is 2.59 bits per heavy atom. The highest BCUT2D eigenvalue weighted by atomic mass is 16.6. The van der Waals surface area contributed by atoms with E-state index in [9.17, 15) is 0 Å². The van der Waals surface area contributed by atoms with Gasteiger partial charge in [-0.05, 0) is 36.4 Å². The Morgan fingerprint density at radius 2 is 1.94 bits per heavy atom. The monoisotopic (exact) mass is 227 g/mol. The predicted octanol–water partition coefficient (Wildman–Crippen LogP) is 2.83. The van der Waals surface area contributed by atoms with E-state index in [-0.39, 0.29) is 6.10 Å². The van der Waals surface area contributed by atoms with Gasteiger partial charge in [0.15, 0.2) is 0 Å². The normalized spacial score (nSPS) is 17.8. The molecule has 1 aromatic heterocycles. The summed E-state index contributed by atoms with van der Waals surface area (Å²) in [7, 11) is 1.66. The first-order valence-electron chi connectivity index (χ1n) is 5.60. The Morgan fingerprint density at radius 1 is 1.18 bits per heavy atom. The molecule has 3 heteroatoms. The molecule has 0 amide bonds. The molecule has 1 unspecified atom stereocenters. The molecule has 3 rings (SSSR count). The van der Waals surface area contributed by atoms with E-state index in [4.69, 9.17) is 9.47 Å². The largest absolute Gasteiger partial charge is 0.497 e. The van der Waals surface area contributed by atoms with Gasteiger partial charge < -0.3 is 9.47 Å². The molecule has 3 nitrogen and oxygen atoms in total. The van der Waals surface area contributed by atoms with Crippen LogP contribution in [0.4, 0.5) is 0 Å². The Labute approximate surface area is 100 Å². The van der Waals surface area contributed by atoms with Gasteiger partial charge in [-0.2, -0.15) is 0 Å². The number of nitrogens with zero attached hydrogens (tertiary/aromatic N) is 1. The van der Waals surface area contributed by atoms with Crippen LogP contribution in [0.1, 0.15) is 11.8 Å². The Kier molecular flexibility index (Phi) is 2.53. The SMILES string of the molecule is COc1ccc(-c2cccc(C3CO3)n2)cc1. The lowest BCUT2D eigenvalue weighted by Crippen LogP contribution is -1.90. The Hall–Kier alpha value is -1.87. The quantitative estimate of drug-likeness (QED) is 0.756. The Bertz CT molecular complexity index is 518. The maximum absolute atomic E-state index is 5.24. The molecule has 17 heavy (non-hydrogen) atoms. The van der Waals surface area contributed by atoms with Crippen molar-refractivity contribution in [2.45, 2.75) is 6.10 Å². The lowest BCUT2D eigenvalue weighted by molar-refractivity contribution is 0.411. The second-order valence-corrected chi connectivity index (χ2v) is 4.00. The summed E-state index contributed by atoms with van der Waals surface area (Å²) < 4.78 is 10.4.